The Kier molecular flexibility index (Phi) is 8.29. The molecule has 2 fully saturated rings. The molecule has 1 aliphatic carbocycles. The van der Waals surface area contributed by atoms with Crippen LogP contribution in [-0.2, 0) is 16.1 Å². The summed E-state index contributed by atoms with van der Waals surface area (Å²) in [6.07, 6.45) is 7.87. The van der Waals surface area contributed by atoms with Gasteiger partial charge in [-0.2, -0.15) is 19.6 Å². The number of carbonyl (C=O) groups excluding carboxylic acids is 2. The van der Waals surface area contributed by atoms with Crippen LogP contribution in [0.3, 0.4) is 0 Å². The summed E-state index contributed by atoms with van der Waals surface area (Å²) in [5.41, 5.74) is 9.72. The number of aromatic nitrogens is 4. The van der Waals surface area contributed by atoms with Crippen LogP contribution < -0.4 is 21.7 Å². The highest BCUT2D eigenvalue weighted by atomic mass is 16.2. The van der Waals surface area contributed by atoms with E-state index >= 15 is 0 Å². The van der Waals surface area contributed by atoms with Gasteiger partial charge in [-0.1, -0.05) is 32.6 Å². The van der Waals surface area contributed by atoms with Crippen LogP contribution in [0.5, 0.6) is 0 Å². The molecule has 40 heavy (non-hydrogen) atoms. The maximum Gasteiger partial charge on any atom is 0.245 e. The van der Waals surface area contributed by atoms with E-state index in [1.165, 1.54) is 6.08 Å². The average Bonchev–Trinajstić information content (AvgIpc) is 3.60. The van der Waals surface area contributed by atoms with E-state index in [0.717, 1.165) is 42.5 Å². The zero-order valence-electron chi connectivity index (χ0n) is 23.3. The smallest absolute Gasteiger partial charge is 0.245 e. The highest BCUT2D eigenvalue weighted by Gasteiger charge is 2.30. The molecular formula is C29H39N9O2. The van der Waals surface area contributed by atoms with Crippen molar-refractivity contribution in [3.8, 4) is 0 Å². The molecule has 11 nitrogen and oxygen atoms in total. The Morgan fingerprint density at radius 1 is 1.23 bits per heavy atom. The van der Waals surface area contributed by atoms with Crippen molar-refractivity contribution in [2.45, 2.75) is 70.5 Å². The largest absolute Gasteiger partial charge is 0.351 e. The minimum Gasteiger partial charge on any atom is -0.351 e. The quantitative estimate of drug-likeness (QED) is 0.299. The molecule has 212 valence electrons. The van der Waals surface area contributed by atoms with Crippen LogP contribution in [0.2, 0.25) is 0 Å². The predicted molar refractivity (Wildman–Crippen MR) is 156 cm³/mol. The molecule has 2 amide bonds. The Morgan fingerprint density at radius 2 is 2.08 bits per heavy atom. The number of nitrogens with one attached hydrogen (secondary N) is 3. The molecule has 5 N–H and O–H groups in total. The van der Waals surface area contributed by atoms with Crippen molar-refractivity contribution in [2.75, 3.05) is 29.0 Å². The van der Waals surface area contributed by atoms with Crippen LogP contribution in [-0.4, -0.2) is 61.5 Å². The molecule has 0 spiro atoms. The van der Waals surface area contributed by atoms with Crippen molar-refractivity contribution in [3.63, 3.8) is 0 Å². The minimum absolute atomic E-state index is 0.0853. The second-order valence-electron chi connectivity index (χ2n) is 11.1. The fourth-order valence-corrected chi connectivity index (χ4v) is 5.51. The number of hydrogen-bond acceptors (Lipinski definition) is 8. The van der Waals surface area contributed by atoms with Gasteiger partial charge < -0.3 is 26.6 Å². The van der Waals surface area contributed by atoms with Gasteiger partial charge in [-0.15, -0.1) is 0 Å². The van der Waals surface area contributed by atoms with Crippen molar-refractivity contribution in [3.05, 3.63) is 54.2 Å². The molecule has 3 atom stereocenters. The topological polar surface area (TPSA) is 143 Å². The monoisotopic (exact) mass is 545 g/mol. The van der Waals surface area contributed by atoms with Crippen molar-refractivity contribution in [2.24, 2.45) is 11.7 Å². The fraction of sp³-hybridized carbons (Fsp3) is 0.483. The molecule has 1 saturated heterocycles. The number of rotatable bonds is 9. The Hall–Kier alpha value is -3.99. The number of benzene rings is 1. The Balaban J connectivity index is 1.29. The first-order chi connectivity index (χ1) is 19.3. The third-order valence-electron chi connectivity index (χ3n) is 7.76. The molecule has 2 aromatic heterocycles. The summed E-state index contributed by atoms with van der Waals surface area (Å²) < 4.78 is 1.75. The van der Waals surface area contributed by atoms with E-state index in [-0.39, 0.29) is 35.7 Å². The Morgan fingerprint density at radius 3 is 2.85 bits per heavy atom. The summed E-state index contributed by atoms with van der Waals surface area (Å²) >= 11 is 0. The summed E-state index contributed by atoms with van der Waals surface area (Å²) in [4.78, 5) is 36.0. The number of nitrogens with two attached hydrogens (primary N) is 1. The number of hydrogen-bond donors (Lipinski definition) is 4. The lowest BCUT2D eigenvalue weighted by molar-refractivity contribution is -0.125. The lowest BCUT2D eigenvalue weighted by Gasteiger charge is -2.27. The molecule has 3 heterocycles. The normalized spacial score (nSPS) is 21.0. The molecule has 2 aliphatic rings. The molecule has 3 unspecified atom stereocenters. The third kappa shape index (κ3) is 6.25. The molecule has 5 rings (SSSR count). The molecule has 0 radical (unpaired) electrons. The van der Waals surface area contributed by atoms with Crippen LogP contribution in [0.4, 0.5) is 17.6 Å². The van der Waals surface area contributed by atoms with Gasteiger partial charge in [-0.05, 0) is 61.8 Å². The second kappa shape index (κ2) is 12.0. The number of anilines is 3. The lowest BCUT2D eigenvalue weighted by Crippen LogP contribution is -2.35. The number of likely N-dealkylation sites (tertiary alicyclic amines) is 1. The van der Waals surface area contributed by atoms with E-state index in [4.69, 9.17) is 15.7 Å². The molecule has 3 aromatic rings. The van der Waals surface area contributed by atoms with Gasteiger partial charge in [-0.25, -0.2) is 0 Å². The zero-order valence-corrected chi connectivity index (χ0v) is 23.3. The van der Waals surface area contributed by atoms with Gasteiger partial charge in [0.25, 0.3) is 0 Å². The first-order valence-electron chi connectivity index (χ1n) is 14.1. The Labute approximate surface area is 234 Å². The van der Waals surface area contributed by atoms with E-state index in [1.54, 1.807) is 9.42 Å². The van der Waals surface area contributed by atoms with Crippen LogP contribution in [0.25, 0.3) is 5.65 Å². The molecule has 11 heteroatoms. The molecule has 1 aliphatic heterocycles. The number of carbonyl (C=O) groups is 2. The number of nitrogens with zero attached hydrogens (tertiary/aromatic N) is 5. The van der Waals surface area contributed by atoms with E-state index in [9.17, 15) is 9.59 Å². The summed E-state index contributed by atoms with van der Waals surface area (Å²) in [5, 5.41) is 14.5. The molecule has 1 aromatic carbocycles. The van der Waals surface area contributed by atoms with E-state index in [2.05, 4.69) is 41.5 Å². The van der Waals surface area contributed by atoms with Crippen LogP contribution in [0.15, 0.2) is 43.1 Å². The predicted octanol–water partition coefficient (Wildman–Crippen LogP) is 3.51. The zero-order chi connectivity index (χ0) is 28.2. The Bertz CT molecular complexity index is 1390. The maximum absolute atomic E-state index is 12.9. The minimum atomic E-state index is -0.236. The summed E-state index contributed by atoms with van der Waals surface area (Å²) in [6.45, 7) is 9.23. The summed E-state index contributed by atoms with van der Waals surface area (Å²) in [7, 11) is 0. The van der Waals surface area contributed by atoms with Crippen LogP contribution >= 0.6 is 0 Å². The van der Waals surface area contributed by atoms with Crippen molar-refractivity contribution in [1.82, 2.24) is 24.5 Å². The van der Waals surface area contributed by atoms with Gasteiger partial charge in [0, 0.05) is 43.0 Å². The SMILES string of the molecule is C=CC(=O)N1CCC(C(=O)Nc2cccc(CNc3nc(NC4CCCC(N)C4)nc4c(C(C)C)cnn34)c2)C1. The average molecular weight is 546 g/mol. The van der Waals surface area contributed by atoms with Gasteiger partial charge in [0.1, 0.15) is 0 Å². The van der Waals surface area contributed by atoms with Gasteiger partial charge in [0.2, 0.25) is 23.7 Å². The molecule has 1 saturated carbocycles. The van der Waals surface area contributed by atoms with E-state index in [0.29, 0.717) is 43.6 Å². The summed E-state index contributed by atoms with van der Waals surface area (Å²) in [6, 6.07) is 8.15. The standard InChI is InChI=1S/C29H39N9O2/c1-4-25(39)37-12-11-20(17-37)27(40)33-22-9-5-7-19(13-22)15-31-29-36-28(34-23-10-6-8-21(30)14-23)35-26-24(18(2)3)16-32-38(26)29/h4-5,7,9,13,16,18,20-21,23H,1,6,8,10-12,14-15,17,30H2,2-3H3,(H,33,40)(H2,31,34,35,36). The van der Waals surface area contributed by atoms with Crippen molar-refractivity contribution < 1.29 is 9.59 Å². The summed E-state index contributed by atoms with van der Waals surface area (Å²) in [5.74, 6) is 0.960. The molecule has 0 bridgehead atoms. The van der Waals surface area contributed by atoms with Gasteiger partial charge in [0.15, 0.2) is 5.65 Å². The first-order valence-corrected chi connectivity index (χ1v) is 14.1. The van der Waals surface area contributed by atoms with Crippen molar-refractivity contribution in [1.29, 1.82) is 0 Å². The highest BCUT2D eigenvalue weighted by Crippen LogP contribution is 2.25. The van der Waals surface area contributed by atoms with Crippen molar-refractivity contribution >= 4 is 35.0 Å². The maximum atomic E-state index is 12.9. The van der Waals surface area contributed by atoms with E-state index < -0.39 is 0 Å². The van der Waals surface area contributed by atoms with Gasteiger partial charge >= 0.3 is 0 Å². The number of fused-ring (bicyclic) bond motifs is 1. The van der Waals surface area contributed by atoms with E-state index in [1.807, 2.05) is 30.5 Å². The number of amides is 2. The molecular weight excluding hydrogens is 506 g/mol. The second-order valence-corrected chi connectivity index (χ2v) is 11.1. The lowest BCUT2D eigenvalue weighted by atomic mass is 9.92. The van der Waals surface area contributed by atoms with Gasteiger partial charge in [0.05, 0.1) is 12.1 Å². The fourth-order valence-electron chi connectivity index (χ4n) is 5.51. The van der Waals surface area contributed by atoms with Crippen LogP contribution in [0, 0.1) is 5.92 Å². The first kappa shape index (κ1) is 27.6. The van der Waals surface area contributed by atoms with Crippen LogP contribution in [0.1, 0.15) is 63.0 Å². The third-order valence-corrected chi connectivity index (χ3v) is 7.76. The highest BCUT2D eigenvalue weighted by molar-refractivity contribution is 5.94. The van der Waals surface area contributed by atoms with Gasteiger partial charge in [-0.3, -0.25) is 9.59 Å².